The van der Waals surface area contributed by atoms with Crippen LogP contribution < -0.4 is 5.32 Å². The summed E-state index contributed by atoms with van der Waals surface area (Å²) < 4.78 is 1.08. The Bertz CT molecular complexity index is 799. The van der Waals surface area contributed by atoms with Gasteiger partial charge in [0.1, 0.15) is 0 Å². The Kier molecular flexibility index (Phi) is 4.55. The third kappa shape index (κ3) is 2.96. The van der Waals surface area contributed by atoms with Crippen molar-refractivity contribution >= 4 is 21.5 Å². The molecule has 2 heterocycles. The first-order valence-corrected chi connectivity index (χ1v) is 9.75. The van der Waals surface area contributed by atoms with E-state index in [1.165, 1.54) is 33.5 Å². The quantitative estimate of drug-likeness (QED) is 0.773. The number of pyridine rings is 1. The molecule has 0 spiro atoms. The fourth-order valence-corrected chi connectivity index (χ4v) is 4.33. The van der Waals surface area contributed by atoms with E-state index < -0.39 is 0 Å². The summed E-state index contributed by atoms with van der Waals surface area (Å²) in [4.78, 5) is 4.85. The second kappa shape index (κ2) is 6.81. The Morgan fingerprint density at radius 2 is 1.83 bits per heavy atom. The summed E-state index contributed by atoms with van der Waals surface area (Å²) in [7, 11) is 0. The molecule has 2 aliphatic rings. The molecule has 1 saturated heterocycles. The van der Waals surface area contributed by atoms with Crippen molar-refractivity contribution in [2.75, 3.05) is 13.1 Å². The van der Waals surface area contributed by atoms with Crippen LogP contribution in [0.2, 0.25) is 0 Å². The molecular weight excluding hydrogens is 360 g/mol. The molecule has 0 amide bonds. The molecule has 0 radical (unpaired) electrons. The first kappa shape index (κ1) is 16.0. The van der Waals surface area contributed by atoms with E-state index in [0.29, 0.717) is 0 Å². The van der Waals surface area contributed by atoms with E-state index >= 15 is 0 Å². The minimum Gasteiger partial charge on any atom is -0.316 e. The number of hydrogen-bond donors (Lipinski definition) is 1. The highest BCUT2D eigenvalue weighted by Gasteiger charge is 2.23. The van der Waals surface area contributed by atoms with Crippen LogP contribution in [0, 0.1) is 0 Å². The van der Waals surface area contributed by atoms with Crippen molar-refractivity contribution in [2.24, 2.45) is 0 Å². The second-order valence-electron chi connectivity index (χ2n) is 6.73. The Morgan fingerprint density at radius 3 is 2.62 bits per heavy atom. The van der Waals surface area contributed by atoms with Gasteiger partial charge in [-0.15, -0.1) is 0 Å². The average Bonchev–Trinajstić information content (AvgIpc) is 2.78. The van der Waals surface area contributed by atoms with E-state index in [2.05, 4.69) is 52.4 Å². The minimum absolute atomic E-state index is 1.07. The maximum absolute atomic E-state index is 4.85. The highest BCUT2D eigenvalue weighted by atomic mass is 79.9. The standard InChI is InChI=1S/C21H23BrN2/c1-2-14-3-6-19-16(11-14)4-5-17-12-18(22)13-24-21(17)20(19)15-7-9-23-10-8-15/h3,6,11-13,23H,2,4-5,7-10H2,1H3. The molecule has 2 aromatic rings. The lowest BCUT2D eigenvalue weighted by molar-refractivity contribution is 0.611. The molecule has 1 N–H and O–H groups in total. The molecule has 1 aromatic heterocycles. The Hall–Kier alpha value is -1.45. The lowest BCUT2D eigenvalue weighted by Crippen LogP contribution is -2.24. The van der Waals surface area contributed by atoms with Gasteiger partial charge in [-0.3, -0.25) is 4.98 Å². The van der Waals surface area contributed by atoms with E-state index in [-0.39, 0.29) is 0 Å². The summed E-state index contributed by atoms with van der Waals surface area (Å²) >= 11 is 3.60. The zero-order chi connectivity index (χ0) is 16.5. The van der Waals surface area contributed by atoms with Crippen LogP contribution >= 0.6 is 15.9 Å². The number of nitrogens with zero attached hydrogens (tertiary/aromatic N) is 1. The van der Waals surface area contributed by atoms with Crippen molar-refractivity contribution in [1.29, 1.82) is 0 Å². The number of piperidine rings is 1. The van der Waals surface area contributed by atoms with Crippen LogP contribution in [0.3, 0.4) is 0 Å². The van der Waals surface area contributed by atoms with Gasteiger partial charge in [0.2, 0.25) is 0 Å². The number of fused-ring (bicyclic) bond motifs is 2. The zero-order valence-corrected chi connectivity index (χ0v) is 15.7. The van der Waals surface area contributed by atoms with Gasteiger partial charge in [-0.25, -0.2) is 0 Å². The number of aromatic nitrogens is 1. The van der Waals surface area contributed by atoms with Crippen LogP contribution in [0.4, 0.5) is 0 Å². The van der Waals surface area contributed by atoms with Gasteiger partial charge >= 0.3 is 0 Å². The summed E-state index contributed by atoms with van der Waals surface area (Å²) in [5, 5.41) is 3.48. The zero-order valence-electron chi connectivity index (χ0n) is 14.2. The van der Waals surface area contributed by atoms with Crippen LogP contribution in [-0.4, -0.2) is 18.1 Å². The van der Waals surface area contributed by atoms with E-state index in [1.54, 1.807) is 5.57 Å². The van der Waals surface area contributed by atoms with Crippen LogP contribution in [0.15, 0.2) is 40.5 Å². The monoisotopic (exact) mass is 382 g/mol. The van der Waals surface area contributed by atoms with Gasteiger partial charge in [0.05, 0.1) is 5.69 Å². The normalized spacial score (nSPS) is 17.2. The summed E-state index contributed by atoms with van der Waals surface area (Å²) in [5.74, 6) is 0. The molecule has 4 rings (SSSR count). The molecule has 0 unspecified atom stereocenters. The Balaban J connectivity index is 1.95. The smallest absolute Gasteiger partial charge is 0.0740 e. The van der Waals surface area contributed by atoms with Gasteiger partial charge in [-0.2, -0.15) is 0 Å². The molecule has 1 fully saturated rings. The summed E-state index contributed by atoms with van der Waals surface area (Å²) in [6, 6.07) is 9.32. The first-order valence-electron chi connectivity index (χ1n) is 8.96. The van der Waals surface area contributed by atoms with Crippen LogP contribution in [0.25, 0.3) is 5.57 Å². The lowest BCUT2D eigenvalue weighted by Gasteiger charge is -2.22. The van der Waals surface area contributed by atoms with E-state index in [9.17, 15) is 0 Å². The predicted octanol–water partition coefficient (Wildman–Crippen LogP) is 4.69. The summed E-state index contributed by atoms with van der Waals surface area (Å²) in [5.41, 5.74) is 9.90. The van der Waals surface area contributed by atoms with Crippen LogP contribution in [0.1, 0.15) is 47.7 Å². The predicted molar refractivity (Wildman–Crippen MR) is 103 cm³/mol. The molecule has 3 heteroatoms. The second-order valence-corrected chi connectivity index (χ2v) is 7.65. The third-order valence-corrected chi connectivity index (χ3v) is 5.68. The molecule has 1 aliphatic heterocycles. The van der Waals surface area contributed by atoms with Crippen molar-refractivity contribution in [2.45, 2.75) is 39.0 Å². The molecule has 2 nitrogen and oxygen atoms in total. The summed E-state index contributed by atoms with van der Waals surface area (Å²) in [6.07, 6.45) is 7.47. The van der Waals surface area contributed by atoms with Crippen LogP contribution in [-0.2, 0) is 19.3 Å². The maximum atomic E-state index is 4.85. The van der Waals surface area contributed by atoms with Crippen molar-refractivity contribution < 1.29 is 0 Å². The average molecular weight is 383 g/mol. The lowest BCUT2D eigenvalue weighted by atomic mass is 9.88. The van der Waals surface area contributed by atoms with E-state index in [0.717, 1.165) is 49.7 Å². The van der Waals surface area contributed by atoms with Crippen molar-refractivity contribution in [3.05, 3.63) is 68.5 Å². The fraction of sp³-hybridized carbons (Fsp3) is 0.381. The van der Waals surface area contributed by atoms with Gasteiger partial charge in [-0.1, -0.05) is 30.7 Å². The minimum atomic E-state index is 1.07. The SMILES string of the molecule is CCc1ccc2c(c1)CCc1cc(Br)cnc1C2=C1CCNCC1. The number of nitrogens with one attached hydrogen (secondary N) is 1. The molecule has 1 aliphatic carbocycles. The van der Waals surface area contributed by atoms with Crippen molar-refractivity contribution in [3.63, 3.8) is 0 Å². The molecule has 0 saturated carbocycles. The number of hydrogen-bond acceptors (Lipinski definition) is 2. The molecule has 0 atom stereocenters. The number of halogens is 1. The van der Waals surface area contributed by atoms with Gasteiger partial charge in [0.15, 0.2) is 0 Å². The van der Waals surface area contributed by atoms with Gasteiger partial charge in [0, 0.05) is 16.2 Å². The van der Waals surface area contributed by atoms with Crippen molar-refractivity contribution in [3.8, 4) is 0 Å². The largest absolute Gasteiger partial charge is 0.316 e. The number of benzene rings is 1. The highest BCUT2D eigenvalue weighted by molar-refractivity contribution is 9.10. The van der Waals surface area contributed by atoms with Crippen molar-refractivity contribution in [1.82, 2.24) is 10.3 Å². The molecule has 124 valence electrons. The van der Waals surface area contributed by atoms with Gasteiger partial charge < -0.3 is 5.32 Å². The first-order chi connectivity index (χ1) is 11.8. The number of rotatable bonds is 1. The molecule has 0 bridgehead atoms. The summed E-state index contributed by atoms with van der Waals surface area (Å²) in [6.45, 7) is 4.39. The van der Waals surface area contributed by atoms with Crippen LogP contribution in [0.5, 0.6) is 0 Å². The maximum Gasteiger partial charge on any atom is 0.0740 e. The van der Waals surface area contributed by atoms with E-state index in [4.69, 9.17) is 4.98 Å². The third-order valence-electron chi connectivity index (χ3n) is 5.24. The van der Waals surface area contributed by atoms with E-state index in [1.807, 2.05) is 6.20 Å². The molecular formula is C21H23BrN2. The van der Waals surface area contributed by atoms with Gasteiger partial charge in [-0.05, 0) is 89.4 Å². The fourth-order valence-electron chi connectivity index (χ4n) is 3.95. The Morgan fingerprint density at radius 1 is 1.04 bits per heavy atom. The highest BCUT2D eigenvalue weighted by Crippen LogP contribution is 2.38. The molecule has 24 heavy (non-hydrogen) atoms. The topological polar surface area (TPSA) is 24.9 Å². The molecule has 1 aromatic carbocycles. The Labute approximate surface area is 152 Å². The number of aryl methyl sites for hydroxylation is 3. The van der Waals surface area contributed by atoms with Gasteiger partial charge in [0.25, 0.3) is 0 Å².